The average Bonchev–Trinajstić information content (AvgIpc) is 3.23. The molecule has 6 heteroatoms. The van der Waals surface area contributed by atoms with Crippen LogP contribution < -0.4 is 0 Å². The van der Waals surface area contributed by atoms with E-state index in [-0.39, 0.29) is 0 Å². The van der Waals surface area contributed by atoms with Gasteiger partial charge in [-0.25, -0.2) is 4.98 Å². The summed E-state index contributed by atoms with van der Waals surface area (Å²) in [7, 11) is 0. The van der Waals surface area contributed by atoms with Crippen LogP contribution in [0.2, 0.25) is 0 Å². The number of thioether (sulfide) groups is 1. The fourth-order valence-corrected chi connectivity index (χ4v) is 3.76. The van der Waals surface area contributed by atoms with Crippen molar-refractivity contribution in [1.82, 2.24) is 24.7 Å². The Balaban J connectivity index is 1.58. The molecule has 0 radical (unpaired) electrons. The maximum Gasteiger partial charge on any atom is 0.191 e. The molecule has 0 amide bonds. The highest BCUT2D eigenvalue weighted by atomic mass is 32.2. The molecule has 0 spiro atoms. The molecule has 0 saturated heterocycles. The second-order valence-corrected chi connectivity index (χ2v) is 6.85. The van der Waals surface area contributed by atoms with Crippen LogP contribution in [-0.2, 0) is 12.3 Å². The molecule has 2 aromatic carbocycles. The van der Waals surface area contributed by atoms with Crippen molar-refractivity contribution < 1.29 is 0 Å². The molecule has 126 valence electrons. The summed E-state index contributed by atoms with van der Waals surface area (Å²) in [6.07, 6.45) is 0. The maximum atomic E-state index is 4.63. The summed E-state index contributed by atoms with van der Waals surface area (Å²) < 4.78 is 2.15. The zero-order valence-corrected chi connectivity index (χ0v) is 15.0. The van der Waals surface area contributed by atoms with Gasteiger partial charge in [0.15, 0.2) is 11.0 Å². The van der Waals surface area contributed by atoms with Crippen LogP contribution >= 0.6 is 11.8 Å². The van der Waals surface area contributed by atoms with Gasteiger partial charge in [-0.2, -0.15) is 0 Å². The molecule has 0 saturated carbocycles. The minimum atomic E-state index is 0.737. The third-order valence-corrected chi connectivity index (χ3v) is 5.06. The minimum absolute atomic E-state index is 0.737. The Morgan fingerprint density at radius 1 is 1.08 bits per heavy atom. The first kappa shape index (κ1) is 15.9. The molecule has 0 aliphatic rings. The van der Waals surface area contributed by atoms with Crippen LogP contribution in [0.1, 0.15) is 18.3 Å². The number of hydrogen-bond donors (Lipinski definition) is 1. The number of para-hydroxylation sites is 2. The van der Waals surface area contributed by atoms with Crippen molar-refractivity contribution in [1.29, 1.82) is 0 Å². The number of nitrogens with zero attached hydrogens (tertiary/aromatic N) is 4. The fourth-order valence-electron chi connectivity index (χ4n) is 2.89. The van der Waals surface area contributed by atoms with Crippen molar-refractivity contribution >= 4 is 22.8 Å². The van der Waals surface area contributed by atoms with Crippen molar-refractivity contribution in [3.8, 4) is 11.4 Å². The molecule has 0 fully saturated rings. The van der Waals surface area contributed by atoms with E-state index in [1.54, 1.807) is 11.8 Å². The first-order valence-corrected chi connectivity index (χ1v) is 9.30. The van der Waals surface area contributed by atoms with Crippen LogP contribution in [0.15, 0.2) is 53.7 Å². The van der Waals surface area contributed by atoms with E-state index in [9.17, 15) is 0 Å². The molecule has 1 N–H and O–H groups in total. The molecular weight excluding hydrogens is 330 g/mol. The van der Waals surface area contributed by atoms with E-state index in [0.29, 0.717) is 0 Å². The first-order chi connectivity index (χ1) is 12.2. The molecule has 5 nitrogen and oxygen atoms in total. The first-order valence-electron chi connectivity index (χ1n) is 8.31. The second kappa shape index (κ2) is 6.72. The number of nitrogens with one attached hydrogen (secondary N) is 1. The Hall–Kier alpha value is -2.60. The summed E-state index contributed by atoms with van der Waals surface area (Å²) in [5, 5.41) is 9.73. The standard InChI is InChI=1S/C19H19N5S/c1-3-24-18(14-8-6-7-13(2)11-14)22-23-19(24)25-12-17-20-15-9-4-5-10-16(15)21-17/h4-11H,3,12H2,1-2H3,(H,20,21). The summed E-state index contributed by atoms with van der Waals surface area (Å²) >= 11 is 1.66. The third kappa shape index (κ3) is 3.17. The lowest BCUT2D eigenvalue weighted by Crippen LogP contribution is -2.00. The van der Waals surface area contributed by atoms with Gasteiger partial charge in [-0.15, -0.1) is 10.2 Å². The van der Waals surface area contributed by atoms with E-state index >= 15 is 0 Å². The van der Waals surface area contributed by atoms with E-state index in [0.717, 1.165) is 45.7 Å². The predicted octanol–water partition coefficient (Wildman–Crippen LogP) is 4.44. The summed E-state index contributed by atoms with van der Waals surface area (Å²) in [6.45, 7) is 5.04. The smallest absolute Gasteiger partial charge is 0.191 e. The van der Waals surface area contributed by atoms with Gasteiger partial charge in [-0.05, 0) is 32.0 Å². The van der Waals surface area contributed by atoms with Crippen molar-refractivity contribution in [3.63, 3.8) is 0 Å². The highest BCUT2D eigenvalue weighted by Gasteiger charge is 2.14. The molecule has 2 heterocycles. The van der Waals surface area contributed by atoms with Gasteiger partial charge < -0.3 is 9.55 Å². The van der Waals surface area contributed by atoms with Crippen LogP contribution in [0.25, 0.3) is 22.4 Å². The van der Waals surface area contributed by atoms with Crippen molar-refractivity contribution in [2.45, 2.75) is 31.3 Å². The quantitative estimate of drug-likeness (QED) is 0.541. The molecule has 0 aliphatic carbocycles. The lowest BCUT2D eigenvalue weighted by molar-refractivity contribution is 0.687. The molecule has 25 heavy (non-hydrogen) atoms. The van der Waals surface area contributed by atoms with E-state index in [1.165, 1.54) is 5.56 Å². The molecule has 0 bridgehead atoms. The zero-order valence-electron chi connectivity index (χ0n) is 14.2. The average molecular weight is 349 g/mol. The number of benzene rings is 2. The number of fused-ring (bicyclic) bond motifs is 1. The fraction of sp³-hybridized carbons (Fsp3) is 0.211. The summed E-state index contributed by atoms with van der Waals surface area (Å²) in [6, 6.07) is 16.4. The summed E-state index contributed by atoms with van der Waals surface area (Å²) in [4.78, 5) is 7.99. The number of H-pyrrole nitrogens is 1. The van der Waals surface area contributed by atoms with Crippen molar-refractivity contribution in [3.05, 3.63) is 59.9 Å². The zero-order chi connectivity index (χ0) is 17.2. The maximum absolute atomic E-state index is 4.63. The summed E-state index contributed by atoms with van der Waals surface area (Å²) in [5.74, 6) is 2.60. The van der Waals surface area contributed by atoms with E-state index < -0.39 is 0 Å². The van der Waals surface area contributed by atoms with Crippen LogP contribution in [0, 0.1) is 6.92 Å². The van der Waals surface area contributed by atoms with Gasteiger partial charge in [0.05, 0.1) is 16.8 Å². The molecule has 4 rings (SSSR count). The molecular formula is C19H19N5S. The SMILES string of the molecule is CCn1c(SCc2nc3ccccc3[nH]2)nnc1-c1cccc(C)c1. The lowest BCUT2D eigenvalue weighted by atomic mass is 10.1. The molecule has 0 aliphatic heterocycles. The van der Waals surface area contributed by atoms with Gasteiger partial charge in [0.1, 0.15) is 5.82 Å². The monoisotopic (exact) mass is 349 g/mol. The van der Waals surface area contributed by atoms with Crippen LogP contribution in [0.3, 0.4) is 0 Å². The molecule has 0 unspecified atom stereocenters. The normalized spacial score (nSPS) is 11.3. The highest BCUT2D eigenvalue weighted by molar-refractivity contribution is 7.98. The van der Waals surface area contributed by atoms with E-state index in [2.05, 4.69) is 62.8 Å². The van der Waals surface area contributed by atoms with Crippen molar-refractivity contribution in [2.24, 2.45) is 0 Å². The van der Waals surface area contributed by atoms with E-state index in [1.807, 2.05) is 24.3 Å². The Morgan fingerprint density at radius 3 is 2.76 bits per heavy atom. The molecule has 4 aromatic rings. The van der Waals surface area contributed by atoms with Crippen LogP contribution in [-0.4, -0.2) is 24.7 Å². The van der Waals surface area contributed by atoms with Crippen molar-refractivity contribution in [2.75, 3.05) is 0 Å². The summed E-state index contributed by atoms with van der Waals surface area (Å²) in [5.41, 5.74) is 4.38. The largest absolute Gasteiger partial charge is 0.341 e. The Kier molecular flexibility index (Phi) is 4.28. The van der Waals surface area contributed by atoms with Gasteiger partial charge in [0.2, 0.25) is 0 Å². The number of imidazole rings is 1. The number of aryl methyl sites for hydroxylation is 1. The Morgan fingerprint density at radius 2 is 1.96 bits per heavy atom. The Bertz CT molecular complexity index is 985. The van der Waals surface area contributed by atoms with Gasteiger partial charge in [0, 0.05) is 12.1 Å². The third-order valence-electron chi connectivity index (χ3n) is 4.09. The predicted molar refractivity (Wildman–Crippen MR) is 102 cm³/mol. The Labute approximate surface area is 150 Å². The molecule has 0 atom stereocenters. The highest BCUT2D eigenvalue weighted by Crippen LogP contribution is 2.26. The van der Waals surface area contributed by atoms with Crippen LogP contribution in [0.5, 0.6) is 0 Å². The van der Waals surface area contributed by atoms with Gasteiger partial charge in [-0.1, -0.05) is 47.7 Å². The van der Waals surface area contributed by atoms with Gasteiger partial charge in [-0.3, -0.25) is 0 Å². The second-order valence-electron chi connectivity index (χ2n) is 5.91. The number of aromatic amines is 1. The van der Waals surface area contributed by atoms with Crippen LogP contribution in [0.4, 0.5) is 0 Å². The van der Waals surface area contributed by atoms with E-state index in [4.69, 9.17) is 0 Å². The number of aromatic nitrogens is 5. The minimum Gasteiger partial charge on any atom is -0.341 e. The number of hydrogen-bond acceptors (Lipinski definition) is 4. The van der Waals surface area contributed by atoms with Gasteiger partial charge in [0.25, 0.3) is 0 Å². The number of rotatable bonds is 5. The van der Waals surface area contributed by atoms with Gasteiger partial charge >= 0.3 is 0 Å². The lowest BCUT2D eigenvalue weighted by Gasteiger charge is -2.07. The topological polar surface area (TPSA) is 59.4 Å². The molecule has 2 aromatic heterocycles.